The Morgan fingerprint density at radius 3 is 2.95 bits per heavy atom. The van der Waals surface area contributed by atoms with Gasteiger partial charge in [-0.15, -0.1) is 0 Å². The molecule has 1 atom stereocenters. The molecule has 3 rings (SSSR count). The van der Waals surface area contributed by atoms with Gasteiger partial charge in [-0.3, -0.25) is 9.48 Å². The number of para-hydroxylation sites is 1. The number of hydrogen-bond acceptors (Lipinski definition) is 2. The molecular weight excluding hydrogens is 236 g/mol. The second-order valence-corrected chi connectivity index (χ2v) is 5.39. The zero-order valence-electron chi connectivity index (χ0n) is 11.4. The van der Waals surface area contributed by atoms with Gasteiger partial charge in [0.2, 0.25) is 0 Å². The predicted octanol–water partition coefficient (Wildman–Crippen LogP) is 3.36. The van der Waals surface area contributed by atoms with E-state index in [-0.39, 0.29) is 5.92 Å². The van der Waals surface area contributed by atoms with Gasteiger partial charge in [-0.2, -0.15) is 5.10 Å². The third-order valence-corrected chi connectivity index (χ3v) is 4.15. The molecule has 3 heteroatoms. The Morgan fingerprint density at radius 1 is 1.32 bits per heavy atom. The molecule has 1 unspecified atom stereocenters. The predicted molar refractivity (Wildman–Crippen MR) is 76.1 cm³/mol. The van der Waals surface area contributed by atoms with Crippen molar-refractivity contribution in [2.24, 2.45) is 5.92 Å². The number of aromatic nitrogens is 2. The van der Waals surface area contributed by atoms with Crippen LogP contribution in [0.3, 0.4) is 0 Å². The van der Waals surface area contributed by atoms with Gasteiger partial charge in [0.05, 0.1) is 11.2 Å². The van der Waals surface area contributed by atoms with Crippen LogP contribution in [-0.4, -0.2) is 15.6 Å². The molecule has 0 spiro atoms. The standard InChI is InChI=1S/C16H20N2O/c1-2-18-15-9-5-4-8-13(15)14(17-18)11-12-7-3-6-10-16(12)19/h4-5,8-9,12H,2-3,6-7,10-11H2,1H3. The zero-order valence-corrected chi connectivity index (χ0v) is 11.4. The monoisotopic (exact) mass is 256 g/mol. The highest BCUT2D eigenvalue weighted by molar-refractivity contribution is 5.85. The summed E-state index contributed by atoms with van der Waals surface area (Å²) in [6, 6.07) is 8.33. The maximum absolute atomic E-state index is 12.0. The molecule has 1 aromatic carbocycles. The molecule has 100 valence electrons. The van der Waals surface area contributed by atoms with E-state index in [1.807, 2.05) is 10.7 Å². The van der Waals surface area contributed by atoms with E-state index in [0.29, 0.717) is 5.78 Å². The molecule has 3 nitrogen and oxygen atoms in total. The van der Waals surface area contributed by atoms with Crippen LogP contribution in [0.25, 0.3) is 10.9 Å². The maximum atomic E-state index is 12.0. The van der Waals surface area contributed by atoms with Gasteiger partial charge in [0, 0.05) is 30.7 Å². The average molecular weight is 256 g/mol. The lowest BCUT2D eigenvalue weighted by Crippen LogP contribution is -2.21. The van der Waals surface area contributed by atoms with Crippen molar-refractivity contribution in [1.29, 1.82) is 0 Å². The first-order valence-corrected chi connectivity index (χ1v) is 7.26. The molecule has 19 heavy (non-hydrogen) atoms. The highest BCUT2D eigenvalue weighted by Crippen LogP contribution is 2.27. The Kier molecular flexibility index (Phi) is 3.36. The van der Waals surface area contributed by atoms with Gasteiger partial charge in [-0.05, 0) is 25.8 Å². The molecule has 1 aliphatic carbocycles. The number of benzene rings is 1. The summed E-state index contributed by atoms with van der Waals surface area (Å²) in [4.78, 5) is 12.0. The number of fused-ring (bicyclic) bond motifs is 1. The van der Waals surface area contributed by atoms with Gasteiger partial charge in [0.15, 0.2) is 0 Å². The lowest BCUT2D eigenvalue weighted by atomic mass is 9.84. The van der Waals surface area contributed by atoms with E-state index in [1.54, 1.807) is 0 Å². The largest absolute Gasteiger partial charge is 0.299 e. The van der Waals surface area contributed by atoms with Crippen LogP contribution in [0.15, 0.2) is 24.3 Å². The summed E-state index contributed by atoms with van der Waals surface area (Å²) in [5.74, 6) is 0.624. The van der Waals surface area contributed by atoms with Crippen LogP contribution in [0.1, 0.15) is 38.3 Å². The number of hydrogen-bond donors (Lipinski definition) is 0. The molecule has 0 bridgehead atoms. The minimum atomic E-state index is 0.192. The van der Waals surface area contributed by atoms with Gasteiger partial charge in [-0.1, -0.05) is 24.6 Å². The molecule has 1 fully saturated rings. The first kappa shape index (κ1) is 12.4. The lowest BCUT2D eigenvalue weighted by molar-refractivity contribution is -0.124. The van der Waals surface area contributed by atoms with Crippen molar-refractivity contribution in [3.63, 3.8) is 0 Å². The summed E-state index contributed by atoms with van der Waals surface area (Å²) in [6.07, 6.45) is 4.86. The molecule has 1 heterocycles. The van der Waals surface area contributed by atoms with Crippen LogP contribution >= 0.6 is 0 Å². The Morgan fingerprint density at radius 2 is 2.16 bits per heavy atom. The van der Waals surface area contributed by atoms with Gasteiger partial charge in [-0.25, -0.2) is 0 Å². The van der Waals surface area contributed by atoms with E-state index in [2.05, 4.69) is 25.1 Å². The van der Waals surface area contributed by atoms with E-state index in [9.17, 15) is 4.79 Å². The van der Waals surface area contributed by atoms with Crippen LogP contribution in [0.5, 0.6) is 0 Å². The van der Waals surface area contributed by atoms with Crippen LogP contribution in [0.2, 0.25) is 0 Å². The summed E-state index contributed by atoms with van der Waals surface area (Å²) >= 11 is 0. The second kappa shape index (κ2) is 5.16. The highest BCUT2D eigenvalue weighted by atomic mass is 16.1. The zero-order chi connectivity index (χ0) is 13.2. The van der Waals surface area contributed by atoms with E-state index >= 15 is 0 Å². The third-order valence-electron chi connectivity index (χ3n) is 4.15. The molecular formula is C16H20N2O. The van der Waals surface area contributed by atoms with Crippen LogP contribution in [-0.2, 0) is 17.8 Å². The number of nitrogens with zero attached hydrogens (tertiary/aromatic N) is 2. The van der Waals surface area contributed by atoms with Gasteiger partial charge in [0.25, 0.3) is 0 Å². The third kappa shape index (κ3) is 2.29. The van der Waals surface area contributed by atoms with Crippen LogP contribution in [0.4, 0.5) is 0 Å². The Labute approximate surface area is 113 Å². The molecule has 1 aromatic heterocycles. The van der Waals surface area contributed by atoms with Crippen LogP contribution < -0.4 is 0 Å². The molecule has 1 saturated carbocycles. The lowest BCUT2D eigenvalue weighted by Gasteiger charge is -2.19. The van der Waals surface area contributed by atoms with E-state index in [4.69, 9.17) is 5.10 Å². The molecule has 0 saturated heterocycles. The first-order valence-electron chi connectivity index (χ1n) is 7.26. The number of carbonyl (C=O) groups excluding carboxylic acids is 1. The fraction of sp³-hybridized carbons (Fsp3) is 0.500. The smallest absolute Gasteiger partial charge is 0.136 e. The van der Waals surface area contributed by atoms with Crippen molar-refractivity contribution in [1.82, 2.24) is 9.78 Å². The molecule has 2 aromatic rings. The summed E-state index contributed by atoms with van der Waals surface area (Å²) in [5, 5.41) is 5.91. The van der Waals surface area contributed by atoms with Crippen LogP contribution in [0, 0.1) is 5.92 Å². The maximum Gasteiger partial charge on any atom is 0.136 e. The van der Waals surface area contributed by atoms with Crippen molar-refractivity contribution in [2.75, 3.05) is 0 Å². The Hall–Kier alpha value is -1.64. The minimum Gasteiger partial charge on any atom is -0.299 e. The quantitative estimate of drug-likeness (QED) is 0.844. The fourth-order valence-corrected chi connectivity index (χ4v) is 3.09. The Bertz CT molecular complexity index is 600. The number of ketones is 1. The van der Waals surface area contributed by atoms with Gasteiger partial charge >= 0.3 is 0 Å². The molecule has 0 aliphatic heterocycles. The summed E-state index contributed by atoms with van der Waals surface area (Å²) in [7, 11) is 0. The first-order chi connectivity index (χ1) is 9.29. The van der Waals surface area contributed by atoms with Crippen molar-refractivity contribution >= 4 is 16.7 Å². The normalized spacial score (nSPS) is 20.1. The van der Waals surface area contributed by atoms with Crippen molar-refractivity contribution < 1.29 is 4.79 Å². The topological polar surface area (TPSA) is 34.9 Å². The number of aryl methyl sites for hydroxylation is 1. The Balaban J connectivity index is 1.94. The molecule has 1 aliphatic rings. The van der Waals surface area contributed by atoms with Crippen molar-refractivity contribution in [3.8, 4) is 0 Å². The van der Waals surface area contributed by atoms with E-state index in [1.165, 1.54) is 17.3 Å². The van der Waals surface area contributed by atoms with E-state index in [0.717, 1.165) is 37.9 Å². The van der Waals surface area contributed by atoms with E-state index < -0.39 is 0 Å². The molecule has 0 radical (unpaired) electrons. The molecule has 0 amide bonds. The minimum absolute atomic E-state index is 0.192. The van der Waals surface area contributed by atoms with Crippen molar-refractivity contribution in [2.45, 2.75) is 45.6 Å². The number of carbonyl (C=O) groups is 1. The second-order valence-electron chi connectivity index (χ2n) is 5.39. The summed E-state index contributed by atoms with van der Waals surface area (Å²) < 4.78 is 2.04. The van der Waals surface area contributed by atoms with Gasteiger partial charge in [0.1, 0.15) is 5.78 Å². The summed E-state index contributed by atoms with van der Waals surface area (Å²) in [5.41, 5.74) is 2.28. The van der Waals surface area contributed by atoms with Gasteiger partial charge < -0.3 is 0 Å². The highest BCUT2D eigenvalue weighted by Gasteiger charge is 2.24. The SMILES string of the molecule is CCn1nc(CC2CCCCC2=O)c2ccccc21. The summed E-state index contributed by atoms with van der Waals surface area (Å²) in [6.45, 7) is 2.98. The fourth-order valence-electron chi connectivity index (χ4n) is 3.09. The van der Waals surface area contributed by atoms with Crippen molar-refractivity contribution in [3.05, 3.63) is 30.0 Å². The average Bonchev–Trinajstić information content (AvgIpc) is 2.80. The number of Topliss-reactive ketones (excluding diaryl/α,β-unsaturated/α-hetero) is 1. The number of rotatable bonds is 3. The molecule has 0 N–H and O–H groups in total.